The minimum Gasteiger partial charge on any atom is -0.269 e. The second-order valence-corrected chi connectivity index (χ2v) is 8.43. The minimum atomic E-state index is -0.0380. The standard InChI is InChI=1S/C26H32N2/c1-8-18(4)25(5,6)22-16-20(15-19-13-11-12-14-21(19)22)23-24(28-17-27-7)26(23,9-2)10-3/h8-9,11-17,23-24H,2,7,10H2,1,3-6H3/b18-8+,28-17?. The van der Waals surface area contributed by atoms with E-state index in [1.165, 1.54) is 27.5 Å². The molecule has 3 atom stereocenters. The summed E-state index contributed by atoms with van der Waals surface area (Å²) in [6, 6.07) is 13.6. The van der Waals surface area contributed by atoms with E-state index in [0.717, 1.165) is 6.42 Å². The Bertz CT molecular complexity index is 964. The molecule has 0 bridgehead atoms. The van der Waals surface area contributed by atoms with Crippen molar-refractivity contribution in [3.63, 3.8) is 0 Å². The number of hydrogen-bond donors (Lipinski definition) is 0. The molecule has 1 aliphatic carbocycles. The Morgan fingerprint density at radius 2 is 1.96 bits per heavy atom. The lowest BCUT2D eigenvalue weighted by atomic mass is 9.75. The molecule has 0 radical (unpaired) electrons. The molecule has 1 saturated carbocycles. The van der Waals surface area contributed by atoms with E-state index in [4.69, 9.17) is 4.99 Å². The van der Waals surface area contributed by atoms with Crippen LogP contribution in [0.25, 0.3) is 10.8 Å². The molecule has 3 unspecified atom stereocenters. The second kappa shape index (κ2) is 7.50. The van der Waals surface area contributed by atoms with Gasteiger partial charge in [-0.1, -0.05) is 74.9 Å². The first-order valence-electron chi connectivity index (χ1n) is 10.1. The molecule has 1 fully saturated rings. The van der Waals surface area contributed by atoms with Crippen molar-refractivity contribution >= 4 is 23.8 Å². The molecule has 3 rings (SSSR count). The monoisotopic (exact) mass is 372 g/mol. The van der Waals surface area contributed by atoms with Gasteiger partial charge in [0.1, 0.15) is 6.34 Å². The fourth-order valence-corrected chi connectivity index (χ4v) is 4.70. The first kappa shape index (κ1) is 20.3. The van der Waals surface area contributed by atoms with Crippen LogP contribution in [0.1, 0.15) is 58.1 Å². The van der Waals surface area contributed by atoms with Crippen LogP contribution in [-0.2, 0) is 5.41 Å². The summed E-state index contributed by atoms with van der Waals surface area (Å²) >= 11 is 0. The van der Waals surface area contributed by atoms with Crippen LogP contribution >= 0.6 is 0 Å². The van der Waals surface area contributed by atoms with Gasteiger partial charge in [0.2, 0.25) is 0 Å². The lowest BCUT2D eigenvalue weighted by Gasteiger charge is -2.29. The van der Waals surface area contributed by atoms with Gasteiger partial charge in [0.25, 0.3) is 0 Å². The van der Waals surface area contributed by atoms with E-state index in [1.807, 2.05) is 0 Å². The topological polar surface area (TPSA) is 24.7 Å². The smallest absolute Gasteiger partial charge is 0.109 e. The van der Waals surface area contributed by atoms with Gasteiger partial charge >= 0.3 is 0 Å². The molecule has 2 aromatic carbocycles. The molecule has 0 aromatic heterocycles. The summed E-state index contributed by atoms with van der Waals surface area (Å²) in [6.07, 6.45) is 6.93. The van der Waals surface area contributed by atoms with Gasteiger partial charge in [0.05, 0.1) is 6.04 Å². The highest BCUT2D eigenvalue weighted by molar-refractivity contribution is 5.88. The molecule has 0 N–H and O–H groups in total. The zero-order valence-corrected chi connectivity index (χ0v) is 17.9. The highest BCUT2D eigenvalue weighted by Gasteiger charge is 2.62. The number of aliphatic imine (C=N–C) groups is 2. The Balaban J connectivity index is 2.22. The average molecular weight is 373 g/mol. The zero-order valence-electron chi connectivity index (χ0n) is 17.9. The molecule has 0 saturated heterocycles. The van der Waals surface area contributed by atoms with Crippen molar-refractivity contribution in [2.24, 2.45) is 15.4 Å². The van der Waals surface area contributed by atoms with E-state index < -0.39 is 0 Å². The predicted molar refractivity (Wildman–Crippen MR) is 124 cm³/mol. The lowest BCUT2D eigenvalue weighted by molar-refractivity contribution is 0.581. The SMILES string of the molecule is C=CC1(CC)C(N=CN=C)C1c1cc(C(C)(C)/C(C)=C/C)c2ccccc2c1. The predicted octanol–water partition coefficient (Wildman–Crippen LogP) is 6.86. The van der Waals surface area contributed by atoms with E-state index in [0.29, 0.717) is 5.92 Å². The molecule has 0 aliphatic heterocycles. The van der Waals surface area contributed by atoms with Crippen LogP contribution in [0, 0.1) is 5.41 Å². The quantitative estimate of drug-likeness (QED) is 0.288. The molecule has 28 heavy (non-hydrogen) atoms. The lowest BCUT2D eigenvalue weighted by Crippen LogP contribution is -2.19. The van der Waals surface area contributed by atoms with Gasteiger partial charge in [-0.05, 0) is 48.9 Å². The molecular formula is C26H32N2. The maximum atomic E-state index is 4.69. The van der Waals surface area contributed by atoms with E-state index >= 15 is 0 Å². The fourth-order valence-electron chi connectivity index (χ4n) is 4.70. The largest absolute Gasteiger partial charge is 0.269 e. The number of benzene rings is 2. The normalized spacial score (nSPS) is 25.2. The van der Waals surface area contributed by atoms with Crippen molar-refractivity contribution in [3.05, 3.63) is 71.8 Å². The maximum Gasteiger partial charge on any atom is 0.109 e. The van der Waals surface area contributed by atoms with Crippen molar-refractivity contribution in [2.45, 2.75) is 58.4 Å². The minimum absolute atomic E-state index is 0.000695. The van der Waals surface area contributed by atoms with Crippen molar-refractivity contribution in [3.8, 4) is 0 Å². The highest BCUT2D eigenvalue weighted by atomic mass is 15.0. The van der Waals surface area contributed by atoms with E-state index in [2.05, 4.69) is 101 Å². The Morgan fingerprint density at radius 1 is 1.25 bits per heavy atom. The third-order valence-corrected chi connectivity index (χ3v) is 6.97. The number of fused-ring (bicyclic) bond motifs is 1. The van der Waals surface area contributed by atoms with Crippen LogP contribution < -0.4 is 0 Å². The summed E-state index contributed by atoms with van der Waals surface area (Å²) in [5.74, 6) is 0.332. The van der Waals surface area contributed by atoms with Gasteiger partial charge in [-0.15, -0.1) is 6.58 Å². The van der Waals surface area contributed by atoms with Crippen LogP contribution in [0.3, 0.4) is 0 Å². The maximum absolute atomic E-state index is 4.69. The fraction of sp³-hybridized carbons (Fsp3) is 0.385. The highest BCUT2D eigenvalue weighted by Crippen LogP contribution is 2.64. The third kappa shape index (κ3) is 3.05. The summed E-state index contributed by atoms with van der Waals surface area (Å²) in [5.41, 5.74) is 4.06. The van der Waals surface area contributed by atoms with Gasteiger partial charge in [-0.25, -0.2) is 0 Å². The molecule has 0 amide bonds. The Hall–Kier alpha value is -2.48. The van der Waals surface area contributed by atoms with E-state index in [-0.39, 0.29) is 16.9 Å². The molecule has 2 aromatic rings. The summed E-state index contributed by atoms with van der Waals surface area (Å²) in [7, 11) is 0. The van der Waals surface area contributed by atoms with Crippen LogP contribution in [0.2, 0.25) is 0 Å². The van der Waals surface area contributed by atoms with Crippen molar-refractivity contribution < 1.29 is 0 Å². The number of allylic oxidation sites excluding steroid dienone is 2. The van der Waals surface area contributed by atoms with Gasteiger partial charge in [-0.3, -0.25) is 9.98 Å². The van der Waals surface area contributed by atoms with Crippen molar-refractivity contribution in [1.82, 2.24) is 0 Å². The molecule has 1 aliphatic rings. The Kier molecular flexibility index (Phi) is 5.43. The van der Waals surface area contributed by atoms with Crippen molar-refractivity contribution in [2.75, 3.05) is 0 Å². The summed E-state index contributed by atoms with van der Waals surface area (Å²) in [4.78, 5) is 8.53. The zero-order chi connectivity index (χ0) is 20.5. The summed E-state index contributed by atoms with van der Waals surface area (Å²) in [5, 5.41) is 2.61. The third-order valence-electron chi connectivity index (χ3n) is 6.97. The molecular weight excluding hydrogens is 340 g/mol. The molecule has 2 heteroatoms. The van der Waals surface area contributed by atoms with E-state index in [9.17, 15) is 0 Å². The van der Waals surface area contributed by atoms with Crippen LogP contribution in [0.15, 0.2) is 70.7 Å². The van der Waals surface area contributed by atoms with Crippen molar-refractivity contribution in [1.29, 1.82) is 0 Å². The number of rotatable bonds is 7. The Labute approximate surface area is 169 Å². The average Bonchev–Trinajstić information content (AvgIpc) is 3.38. The second-order valence-electron chi connectivity index (χ2n) is 8.43. The molecule has 146 valence electrons. The number of hydrogen-bond acceptors (Lipinski definition) is 1. The van der Waals surface area contributed by atoms with Crippen LogP contribution in [0.4, 0.5) is 0 Å². The number of nitrogens with zero attached hydrogens (tertiary/aromatic N) is 2. The first-order chi connectivity index (χ1) is 13.4. The van der Waals surface area contributed by atoms with Crippen LogP contribution in [-0.4, -0.2) is 19.1 Å². The summed E-state index contributed by atoms with van der Waals surface area (Å²) in [6.45, 7) is 18.9. The molecule has 2 nitrogen and oxygen atoms in total. The van der Waals surface area contributed by atoms with Gasteiger partial charge in [0.15, 0.2) is 0 Å². The summed E-state index contributed by atoms with van der Waals surface area (Å²) < 4.78 is 0. The van der Waals surface area contributed by atoms with Gasteiger partial charge in [-0.2, -0.15) is 0 Å². The molecule has 0 heterocycles. The Morgan fingerprint density at radius 3 is 2.57 bits per heavy atom. The van der Waals surface area contributed by atoms with Gasteiger partial charge in [0, 0.05) is 16.7 Å². The molecule has 0 spiro atoms. The van der Waals surface area contributed by atoms with E-state index in [1.54, 1.807) is 6.34 Å². The first-order valence-corrected chi connectivity index (χ1v) is 10.1. The van der Waals surface area contributed by atoms with Gasteiger partial charge < -0.3 is 0 Å². The van der Waals surface area contributed by atoms with Crippen LogP contribution in [0.5, 0.6) is 0 Å².